The SMILES string of the molecule is CNc1nccc(-c2c(C)[nH]c3ccccc23)n1. The molecule has 3 rings (SSSR count). The van der Waals surface area contributed by atoms with Gasteiger partial charge in [-0.1, -0.05) is 18.2 Å². The van der Waals surface area contributed by atoms with Gasteiger partial charge in [0.05, 0.1) is 5.69 Å². The van der Waals surface area contributed by atoms with Gasteiger partial charge in [0.1, 0.15) is 0 Å². The monoisotopic (exact) mass is 238 g/mol. The van der Waals surface area contributed by atoms with Gasteiger partial charge in [0, 0.05) is 35.4 Å². The number of benzene rings is 1. The number of aryl methyl sites for hydroxylation is 1. The summed E-state index contributed by atoms with van der Waals surface area (Å²) in [6, 6.07) is 10.2. The summed E-state index contributed by atoms with van der Waals surface area (Å²) in [5, 5.41) is 4.15. The first-order valence-electron chi connectivity index (χ1n) is 5.88. The first-order chi connectivity index (χ1) is 8.79. The van der Waals surface area contributed by atoms with Crippen molar-refractivity contribution in [1.82, 2.24) is 15.0 Å². The molecule has 0 radical (unpaired) electrons. The van der Waals surface area contributed by atoms with Gasteiger partial charge in [-0.3, -0.25) is 0 Å². The topological polar surface area (TPSA) is 53.6 Å². The molecule has 0 saturated carbocycles. The maximum atomic E-state index is 4.50. The van der Waals surface area contributed by atoms with Gasteiger partial charge >= 0.3 is 0 Å². The molecule has 2 heterocycles. The minimum absolute atomic E-state index is 0.636. The molecule has 0 unspecified atom stereocenters. The standard InChI is InChI=1S/C14H14N4/c1-9-13(10-5-3-4-6-11(10)17-9)12-7-8-16-14(15-2)18-12/h3-8,17H,1-2H3,(H,15,16,18). The van der Waals surface area contributed by atoms with Crippen molar-refractivity contribution in [2.45, 2.75) is 6.92 Å². The highest BCUT2D eigenvalue weighted by molar-refractivity contribution is 5.96. The summed E-state index contributed by atoms with van der Waals surface area (Å²) in [4.78, 5) is 12.0. The average molecular weight is 238 g/mol. The van der Waals surface area contributed by atoms with Crippen molar-refractivity contribution >= 4 is 16.9 Å². The molecule has 18 heavy (non-hydrogen) atoms. The van der Waals surface area contributed by atoms with E-state index in [1.807, 2.05) is 25.2 Å². The van der Waals surface area contributed by atoms with Crippen molar-refractivity contribution in [2.75, 3.05) is 12.4 Å². The van der Waals surface area contributed by atoms with Crippen LogP contribution in [0.15, 0.2) is 36.5 Å². The van der Waals surface area contributed by atoms with Crippen molar-refractivity contribution in [3.05, 3.63) is 42.2 Å². The number of H-pyrrole nitrogens is 1. The molecule has 0 spiro atoms. The first-order valence-corrected chi connectivity index (χ1v) is 5.88. The van der Waals surface area contributed by atoms with Crippen LogP contribution in [-0.2, 0) is 0 Å². The molecule has 1 aromatic carbocycles. The molecular weight excluding hydrogens is 224 g/mol. The van der Waals surface area contributed by atoms with E-state index in [9.17, 15) is 0 Å². The number of nitrogens with zero attached hydrogens (tertiary/aromatic N) is 2. The molecule has 4 nitrogen and oxygen atoms in total. The van der Waals surface area contributed by atoms with Crippen LogP contribution in [0.1, 0.15) is 5.69 Å². The second-order valence-corrected chi connectivity index (χ2v) is 4.19. The Kier molecular flexibility index (Phi) is 2.48. The first kappa shape index (κ1) is 10.8. The molecule has 0 aliphatic heterocycles. The smallest absolute Gasteiger partial charge is 0.222 e. The maximum Gasteiger partial charge on any atom is 0.222 e. The lowest BCUT2D eigenvalue weighted by Crippen LogP contribution is -1.96. The van der Waals surface area contributed by atoms with E-state index in [0.29, 0.717) is 5.95 Å². The van der Waals surface area contributed by atoms with Crippen LogP contribution in [-0.4, -0.2) is 22.0 Å². The summed E-state index contributed by atoms with van der Waals surface area (Å²) in [7, 11) is 1.82. The number of hydrogen-bond acceptors (Lipinski definition) is 3. The summed E-state index contributed by atoms with van der Waals surface area (Å²) in [5.41, 5.74) is 4.33. The zero-order valence-corrected chi connectivity index (χ0v) is 10.4. The Morgan fingerprint density at radius 2 is 2.00 bits per heavy atom. The highest BCUT2D eigenvalue weighted by Gasteiger charge is 2.11. The van der Waals surface area contributed by atoms with E-state index >= 15 is 0 Å². The fourth-order valence-corrected chi connectivity index (χ4v) is 2.23. The third kappa shape index (κ3) is 1.62. The van der Waals surface area contributed by atoms with Gasteiger partial charge in [0.2, 0.25) is 5.95 Å². The highest BCUT2D eigenvalue weighted by Crippen LogP contribution is 2.30. The summed E-state index contributed by atoms with van der Waals surface area (Å²) in [6.07, 6.45) is 1.77. The molecule has 0 aliphatic carbocycles. The maximum absolute atomic E-state index is 4.50. The van der Waals surface area contributed by atoms with Gasteiger partial charge in [0.15, 0.2) is 0 Å². The van der Waals surface area contributed by atoms with Crippen LogP contribution in [0.4, 0.5) is 5.95 Å². The number of anilines is 1. The third-order valence-corrected chi connectivity index (χ3v) is 3.03. The van der Waals surface area contributed by atoms with Crippen LogP contribution < -0.4 is 5.32 Å². The Labute approximate surface area is 105 Å². The molecule has 2 N–H and O–H groups in total. The number of para-hydroxylation sites is 1. The summed E-state index contributed by atoms with van der Waals surface area (Å²) >= 11 is 0. The Bertz CT molecular complexity index is 700. The van der Waals surface area contributed by atoms with Crippen LogP contribution in [0.2, 0.25) is 0 Å². The van der Waals surface area contributed by atoms with E-state index < -0.39 is 0 Å². The molecule has 4 heteroatoms. The second kappa shape index (κ2) is 4.14. The molecule has 0 atom stereocenters. The van der Waals surface area contributed by atoms with E-state index in [2.05, 4.69) is 39.3 Å². The van der Waals surface area contributed by atoms with Gasteiger partial charge in [0.25, 0.3) is 0 Å². The van der Waals surface area contributed by atoms with Crippen LogP contribution >= 0.6 is 0 Å². The fourth-order valence-electron chi connectivity index (χ4n) is 2.23. The number of nitrogens with one attached hydrogen (secondary N) is 2. The van der Waals surface area contributed by atoms with Gasteiger partial charge in [-0.05, 0) is 19.1 Å². The molecule has 0 saturated heterocycles. The molecule has 0 bridgehead atoms. The Morgan fingerprint density at radius 3 is 2.83 bits per heavy atom. The molecule has 3 aromatic rings. The van der Waals surface area contributed by atoms with E-state index in [4.69, 9.17) is 0 Å². The third-order valence-electron chi connectivity index (χ3n) is 3.03. The van der Waals surface area contributed by atoms with Crippen LogP contribution in [0.25, 0.3) is 22.2 Å². The van der Waals surface area contributed by atoms with E-state index in [1.165, 1.54) is 5.39 Å². The van der Waals surface area contributed by atoms with Gasteiger partial charge < -0.3 is 10.3 Å². The quantitative estimate of drug-likeness (QED) is 0.721. The molecule has 0 amide bonds. The number of aromatic nitrogens is 3. The molecular formula is C14H14N4. The molecule has 0 aliphatic rings. The fraction of sp³-hybridized carbons (Fsp3) is 0.143. The Balaban J connectivity index is 2.27. The van der Waals surface area contributed by atoms with Gasteiger partial charge in [-0.2, -0.15) is 0 Å². The number of aromatic amines is 1. The highest BCUT2D eigenvalue weighted by atomic mass is 15.1. The van der Waals surface area contributed by atoms with Crippen LogP contribution in [0, 0.1) is 6.92 Å². The van der Waals surface area contributed by atoms with Crippen LogP contribution in [0.3, 0.4) is 0 Å². The summed E-state index contributed by atoms with van der Waals surface area (Å²) in [5.74, 6) is 0.636. The zero-order valence-electron chi connectivity index (χ0n) is 10.4. The minimum atomic E-state index is 0.636. The average Bonchev–Trinajstić information content (AvgIpc) is 2.74. The van der Waals surface area contributed by atoms with E-state index in [1.54, 1.807) is 6.20 Å². The predicted molar refractivity (Wildman–Crippen MR) is 73.6 cm³/mol. The molecule has 90 valence electrons. The number of fused-ring (bicyclic) bond motifs is 1. The number of rotatable bonds is 2. The Hall–Kier alpha value is -2.36. The van der Waals surface area contributed by atoms with E-state index in [0.717, 1.165) is 22.5 Å². The minimum Gasteiger partial charge on any atom is -0.358 e. The largest absolute Gasteiger partial charge is 0.358 e. The van der Waals surface area contributed by atoms with Crippen molar-refractivity contribution in [3.63, 3.8) is 0 Å². The lowest BCUT2D eigenvalue weighted by atomic mass is 10.1. The lowest BCUT2D eigenvalue weighted by molar-refractivity contribution is 1.15. The summed E-state index contributed by atoms with van der Waals surface area (Å²) in [6.45, 7) is 2.07. The van der Waals surface area contributed by atoms with Crippen molar-refractivity contribution in [1.29, 1.82) is 0 Å². The molecule has 0 fully saturated rings. The van der Waals surface area contributed by atoms with Crippen molar-refractivity contribution in [2.24, 2.45) is 0 Å². The lowest BCUT2D eigenvalue weighted by Gasteiger charge is -2.03. The zero-order chi connectivity index (χ0) is 12.5. The number of hydrogen-bond donors (Lipinski definition) is 2. The summed E-state index contributed by atoms with van der Waals surface area (Å²) < 4.78 is 0. The van der Waals surface area contributed by atoms with Crippen molar-refractivity contribution < 1.29 is 0 Å². The predicted octanol–water partition coefficient (Wildman–Crippen LogP) is 2.98. The van der Waals surface area contributed by atoms with Crippen molar-refractivity contribution in [3.8, 4) is 11.3 Å². The Morgan fingerprint density at radius 1 is 1.17 bits per heavy atom. The molecule has 2 aromatic heterocycles. The van der Waals surface area contributed by atoms with Gasteiger partial charge in [-0.15, -0.1) is 0 Å². The van der Waals surface area contributed by atoms with Gasteiger partial charge in [-0.25, -0.2) is 9.97 Å². The van der Waals surface area contributed by atoms with Crippen LogP contribution in [0.5, 0.6) is 0 Å². The second-order valence-electron chi connectivity index (χ2n) is 4.19. The van der Waals surface area contributed by atoms with E-state index in [-0.39, 0.29) is 0 Å². The normalized spacial score (nSPS) is 10.8.